The number of nitrogens with one attached hydrogen (secondary N) is 1. The quantitative estimate of drug-likeness (QED) is 0.924. The SMILES string of the molecule is CCOc1cc(C)ccc1NC(=O)N1CCOC(C)C1. The van der Waals surface area contributed by atoms with Gasteiger partial charge in [0.15, 0.2) is 0 Å². The maximum absolute atomic E-state index is 12.3. The molecule has 2 rings (SSSR count). The molecule has 20 heavy (non-hydrogen) atoms. The molecule has 5 nitrogen and oxygen atoms in total. The Balaban J connectivity index is 2.06. The number of hydrogen-bond donors (Lipinski definition) is 1. The normalized spacial score (nSPS) is 18.8. The van der Waals surface area contributed by atoms with Crippen molar-refractivity contribution >= 4 is 11.7 Å². The van der Waals surface area contributed by atoms with Gasteiger partial charge in [0.25, 0.3) is 0 Å². The van der Waals surface area contributed by atoms with Gasteiger partial charge in [-0.2, -0.15) is 0 Å². The summed E-state index contributed by atoms with van der Waals surface area (Å²) in [6, 6.07) is 5.66. The predicted molar refractivity (Wildman–Crippen MR) is 78.4 cm³/mol. The van der Waals surface area contributed by atoms with Crippen LogP contribution in [0, 0.1) is 6.92 Å². The van der Waals surface area contributed by atoms with Crippen LogP contribution in [0.5, 0.6) is 5.75 Å². The summed E-state index contributed by atoms with van der Waals surface area (Å²) in [6.45, 7) is 8.28. The van der Waals surface area contributed by atoms with Crippen molar-refractivity contribution < 1.29 is 14.3 Å². The van der Waals surface area contributed by atoms with E-state index in [1.165, 1.54) is 0 Å². The van der Waals surface area contributed by atoms with Crippen LogP contribution >= 0.6 is 0 Å². The third-order valence-electron chi connectivity index (χ3n) is 3.21. The summed E-state index contributed by atoms with van der Waals surface area (Å²) in [4.78, 5) is 14.0. The summed E-state index contributed by atoms with van der Waals surface area (Å²) >= 11 is 0. The van der Waals surface area contributed by atoms with E-state index in [0.717, 1.165) is 5.56 Å². The third-order valence-corrected chi connectivity index (χ3v) is 3.21. The number of urea groups is 1. The molecule has 1 aliphatic heterocycles. The Hall–Kier alpha value is -1.75. The molecule has 1 aliphatic rings. The Morgan fingerprint density at radius 3 is 3.05 bits per heavy atom. The van der Waals surface area contributed by atoms with E-state index in [9.17, 15) is 4.79 Å². The van der Waals surface area contributed by atoms with Gasteiger partial charge < -0.3 is 19.7 Å². The molecule has 110 valence electrons. The Kier molecular flexibility index (Phi) is 4.84. The highest BCUT2D eigenvalue weighted by molar-refractivity contribution is 5.91. The molecular formula is C15H22N2O3. The number of rotatable bonds is 3. The number of nitrogens with zero attached hydrogens (tertiary/aromatic N) is 1. The van der Waals surface area contributed by atoms with Gasteiger partial charge in [-0.25, -0.2) is 4.79 Å². The molecule has 1 aromatic carbocycles. The molecule has 1 saturated heterocycles. The largest absolute Gasteiger partial charge is 0.492 e. The summed E-state index contributed by atoms with van der Waals surface area (Å²) in [6.07, 6.45) is 0.0823. The third kappa shape index (κ3) is 3.63. The second-order valence-corrected chi connectivity index (χ2v) is 4.99. The maximum atomic E-state index is 12.3. The maximum Gasteiger partial charge on any atom is 0.322 e. The van der Waals surface area contributed by atoms with E-state index in [4.69, 9.17) is 9.47 Å². The minimum absolute atomic E-state index is 0.0823. The van der Waals surface area contributed by atoms with Gasteiger partial charge >= 0.3 is 6.03 Å². The molecular weight excluding hydrogens is 256 g/mol. The van der Waals surface area contributed by atoms with Gasteiger partial charge in [-0.1, -0.05) is 6.07 Å². The molecule has 1 fully saturated rings. The van der Waals surface area contributed by atoms with Crippen LogP contribution in [0.25, 0.3) is 0 Å². The van der Waals surface area contributed by atoms with E-state index < -0.39 is 0 Å². The van der Waals surface area contributed by atoms with Crippen LogP contribution in [0.3, 0.4) is 0 Å². The molecule has 0 bridgehead atoms. The lowest BCUT2D eigenvalue weighted by molar-refractivity contribution is -0.00139. The van der Waals surface area contributed by atoms with Gasteiger partial charge in [0, 0.05) is 13.1 Å². The Morgan fingerprint density at radius 2 is 2.35 bits per heavy atom. The minimum atomic E-state index is -0.107. The number of carbonyl (C=O) groups excluding carboxylic acids is 1. The molecule has 2 amide bonds. The number of amides is 2. The van der Waals surface area contributed by atoms with Crippen LogP contribution in [0.4, 0.5) is 10.5 Å². The molecule has 0 spiro atoms. The summed E-state index contributed by atoms with van der Waals surface area (Å²) < 4.78 is 11.0. The van der Waals surface area contributed by atoms with Crippen molar-refractivity contribution in [3.05, 3.63) is 23.8 Å². The predicted octanol–water partition coefficient (Wildman–Crippen LogP) is 2.65. The number of ether oxygens (including phenoxy) is 2. The lowest BCUT2D eigenvalue weighted by Gasteiger charge is -2.31. The van der Waals surface area contributed by atoms with Crippen LogP contribution in [0.15, 0.2) is 18.2 Å². The fourth-order valence-corrected chi connectivity index (χ4v) is 2.20. The van der Waals surface area contributed by atoms with E-state index in [0.29, 0.717) is 37.7 Å². The zero-order chi connectivity index (χ0) is 14.5. The molecule has 1 heterocycles. The van der Waals surface area contributed by atoms with Crippen molar-refractivity contribution in [3.8, 4) is 5.75 Å². The smallest absolute Gasteiger partial charge is 0.322 e. The van der Waals surface area contributed by atoms with Crippen LogP contribution in [-0.2, 0) is 4.74 Å². The van der Waals surface area contributed by atoms with Gasteiger partial charge in [-0.05, 0) is 38.5 Å². The summed E-state index contributed by atoms with van der Waals surface area (Å²) in [5, 5.41) is 2.92. The number of aryl methyl sites for hydroxylation is 1. The molecule has 0 aliphatic carbocycles. The van der Waals surface area contributed by atoms with E-state index in [1.807, 2.05) is 39.0 Å². The summed E-state index contributed by atoms with van der Waals surface area (Å²) in [5.41, 5.74) is 1.81. The number of benzene rings is 1. The van der Waals surface area contributed by atoms with Gasteiger partial charge in [0.05, 0.1) is 25.0 Å². The molecule has 1 unspecified atom stereocenters. The monoisotopic (exact) mass is 278 g/mol. The van der Waals surface area contributed by atoms with Gasteiger partial charge in [-0.15, -0.1) is 0 Å². The number of morpholine rings is 1. The second kappa shape index (κ2) is 6.61. The summed E-state index contributed by atoms with van der Waals surface area (Å²) in [7, 11) is 0. The molecule has 1 atom stereocenters. The molecule has 0 saturated carbocycles. The van der Waals surface area contributed by atoms with Gasteiger partial charge in [0.2, 0.25) is 0 Å². The Labute approximate surface area is 119 Å². The molecule has 5 heteroatoms. The molecule has 1 N–H and O–H groups in total. The molecule has 0 radical (unpaired) electrons. The zero-order valence-electron chi connectivity index (χ0n) is 12.3. The first-order chi connectivity index (χ1) is 9.60. The standard InChI is InChI=1S/C15H22N2O3/c1-4-19-14-9-11(2)5-6-13(14)16-15(18)17-7-8-20-12(3)10-17/h5-6,9,12H,4,7-8,10H2,1-3H3,(H,16,18). The Morgan fingerprint density at radius 1 is 1.55 bits per heavy atom. The first-order valence-corrected chi connectivity index (χ1v) is 7.01. The van der Waals surface area contributed by atoms with Crippen LogP contribution in [0.1, 0.15) is 19.4 Å². The first-order valence-electron chi connectivity index (χ1n) is 7.01. The lowest BCUT2D eigenvalue weighted by atomic mass is 10.2. The zero-order valence-corrected chi connectivity index (χ0v) is 12.3. The van der Waals surface area contributed by atoms with E-state index in [1.54, 1.807) is 4.90 Å². The number of hydrogen-bond acceptors (Lipinski definition) is 3. The van der Waals surface area contributed by atoms with Crippen molar-refractivity contribution in [2.24, 2.45) is 0 Å². The van der Waals surface area contributed by atoms with E-state index in [-0.39, 0.29) is 12.1 Å². The lowest BCUT2D eigenvalue weighted by Crippen LogP contribution is -2.46. The van der Waals surface area contributed by atoms with Crippen LogP contribution < -0.4 is 10.1 Å². The Bertz CT molecular complexity index is 476. The van der Waals surface area contributed by atoms with Crippen molar-refractivity contribution in [1.82, 2.24) is 4.90 Å². The average molecular weight is 278 g/mol. The van der Waals surface area contributed by atoms with Crippen molar-refractivity contribution in [2.75, 3.05) is 31.6 Å². The molecule has 1 aromatic rings. The number of carbonyl (C=O) groups is 1. The topological polar surface area (TPSA) is 50.8 Å². The van der Waals surface area contributed by atoms with Crippen LogP contribution in [0.2, 0.25) is 0 Å². The average Bonchev–Trinajstić information content (AvgIpc) is 2.42. The van der Waals surface area contributed by atoms with E-state index in [2.05, 4.69) is 5.32 Å². The van der Waals surface area contributed by atoms with Gasteiger partial charge in [-0.3, -0.25) is 0 Å². The van der Waals surface area contributed by atoms with Gasteiger partial charge in [0.1, 0.15) is 5.75 Å². The minimum Gasteiger partial charge on any atom is -0.492 e. The fourth-order valence-electron chi connectivity index (χ4n) is 2.20. The summed E-state index contributed by atoms with van der Waals surface area (Å²) in [5.74, 6) is 0.710. The number of anilines is 1. The second-order valence-electron chi connectivity index (χ2n) is 4.99. The van der Waals surface area contributed by atoms with Crippen molar-refractivity contribution in [3.63, 3.8) is 0 Å². The highest BCUT2D eigenvalue weighted by atomic mass is 16.5. The highest BCUT2D eigenvalue weighted by Gasteiger charge is 2.22. The molecule has 0 aromatic heterocycles. The van der Waals surface area contributed by atoms with Crippen molar-refractivity contribution in [2.45, 2.75) is 26.9 Å². The van der Waals surface area contributed by atoms with Crippen LogP contribution in [-0.4, -0.2) is 43.3 Å². The first kappa shape index (κ1) is 14.7. The fraction of sp³-hybridized carbons (Fsp3) is 0.533. The van der Waals surface area contributed by atoms with Crippen molar-refractivity contribution in [1.29, 1.82) is 0 Å². The highest BCUT2D eigenvalue weighted by Crippen LogP contribution is 2.26. The van der Waals surface area contributed by atoms with E-state index >= 15 is 0 Å².